The normalized spacial score (nSPS) is 14.1. The first kappa shape index (κ1) is 11.2. The highest BCUT2D eigenvalue weighted by Crippen LogP contribution is 2.01. The number of aromatic amines is 1. The van der Waals surface area contributed by atoms with Crippen molar-refractivity contribution in [3.63, 3.8) is 0 Å². The van der Waals surface area contributed by atoms with Crippen molar-refractivity contribution in [1.29, 1.82) is 0 Å². The molecule has 1 aromatic rings. The molecular weight excluding hydrogens is 204 g/mol. The van der Waals surface area contributed by atoms with E-state index in [1.807, 2.05) is 6.92 Å². The Morgan fingerprint density at radius 2 is 2.36 bits per heavy atom. The van der Waals surface area contributed by atoms with Crippen LogP contribution in [-0.4, -0.2) is 38.0 Å². The number of imidazole rings is 1. The highest BCUT2D eigenvalue weighted by atomic mass is 32.2. The van der Waals surface area contributed by atoms with Crippen LogP contribution < -0.4 is 10.0 Å². The number of nitrogens with zero attached hydrogens (tertiary/aromatic N) is 1. The molecule has 3 N–H and O–H groups in total. The van der Waals surface area contributed by atoms with E-state index in [9.17, 15) is 8.42 Å². The summed E-state index contributed by atoms with van der Waals surface area (Å²) in [5.74, 6) is 0. The van der Waals surface area contributed by atoms with Gasteiger partial charge in [0.05, 0.1) is 12.5 Å². The van der Waals surface area contributed by atoms with E-state index >= 15 is 0 Å². The van der Waals surface area contributed by atoms with Gasteiger partial charge in [-0.05, 0) is 14.0 Å². The van der Waals surface area contributed by atoms with Gasteiger partial charge in [-0.2, -0.15) is 0 Å². The number of nitrogens with one attached hydrogen (secondary N) is 3. The number of likely N-dealkylation sites (N-methyl/N-ethyl adjacent to an activating group) is 1. The van der Waals surface area contributed by atoms with Crippen molar-refractivity contribution < 1.29 is 8.42 Å². The zero-order chi connectivity index (χ0) is 10.6. The Kier molecular flexibility index (Phi) is 3.62. The molecule has 1 heterocycles. The third-order valence-corrected chi connectivity index (χ3v) is 3.18. The second kappa shape index (κ2) is 4.54. The fourth-order valence-corrected chi connectivity index (χ4v) is 1.84. The minimum absolute atomic E-state index is 0.0841. The van der Waals surface area contributed by atoms with Crippen molar-refractivity contribution in [3.05, 3.63) is 12.5 Å². The number of hydrogen-bond donors (Lipinski definition) is 3. The monoisotopic (exact) mass is 218 g/mol. The first-order chi connectivity index (χ1) is 6.56. The van der Waals surface area contributed by atoms with Crippen molar-refractivity contribution in [3.8, 4) is 0 Å². The van der Waals surface area contributed by atoms with E-state index in [1.165, 1.54) is 12.5 Å². The molecule has 0 saturated heterocycles. The standard InChI is InChI=1S/C7H14N4O2S/c1-6(8-2)3-11-14(12,13)7-4-9-5-10-7/h4-6,8,11H,3H2,1-2H3,(H,9,10). The Bertz CT molecular complexity index is 359. The van der Waals surface area contributed by atoms with Gasteiger partial charge in [0, 0.05) is 12.6 Å². The molecule has 0 radical (unpaired) electrons. The molecule has 0 fully saturated rings. The minimum atomic E-state index is -3.43. The Balaban J connectivity index is 2.60. The summed E-state index contributed by atoms with van der Waals surface area (Å²) in [7, 11) is -1.66. The molecule has 1 aromatic heterocycles. The molecule has 7 heteroatoms. The number of hydrogen-bond acceptors (Lipinski definition) is 4. The lowest BCUT2D eigenvalue weighted by atomic mass is 10.4. The van der Waals surface area contributed by atoms with E-state index in [2.05, 4.69) is 20.0 Å². The van der Waals surface area contributed by atoms with Gasteiger partial charge in [0.1, 0.15) is 0 Å². The first-order valence-corrected chi connectivity index (χ1v) is 5.70. The van der Waals surface area contributed by atoms with Crippen LogP contribution in [0.1, 0.15) is 6.92 Å². The van der Waals surface area contributed by atoms with E-state index in [0.29, 0.717) is 6.54 Å². The van der Waals surface area contributed by atoms with Gasteiger partial charge in [0.15, 0.2) is 5.03 Å². The molecule has 0 aromatic carbocycles. The van der Waals surface area contributed by atoms with Gasteiger partial charge in [0.25, 0.3) is 10.0 Å². The lowest BCUT2D eigenvalue weighted by molar-refractivity contribution is 0.552. The average molecular weight is 218 g/mol. The van der Waals surface area contributed by atoms with Crippen LogP contribution >= 0.6 is 0 Å². The summed E-state index contributed by atoms with van der Waals surface area (Å²) < 4.78 is 25.5. The third-order valence-electron chi connectivity index (χ3n) is 1.83. The van der Waals surface area contributed by atoms with E-state index in [-0.39, 0.29) is 11.1 Å². The zero-order valence-corrected chi connectivity index (χ0v) is 8.93. The number of sulfonamides is 1. The lowest BCUT2D eigenvalue weighted by Crippen LogP contribution is -2.37. The van der Waals surface area contributed by atoms with E-state index in [0.717, 1.165) is 0 Å². The molecule has 6 nitrogen and oxygen atoms in total. The number of aromatic nitrogens is 2. The van der Waals surface area contributed by atoms with Gasteiger partial charge in [-0.1, -0.05) is 0 Å². The lowest BCUT2D eigenvalue weighted by Gasteiger charge is -2.10. The molecule has 0 saturated carbocycles. The molecule has 1 unspecified atom stereocenters. The molecule has 1 rings (SSSR count). The van der Waals surface area contributed by atoms with Crippen LogP contribution in [0.4, 0.5) is 0 Å². The highest BCUT2D eigenvalue weighted by Gasteiger charge is 2.15. The zero-order valence-electron chi connectivity index (χ0n) is 8.11. The van der Waals surface area contributed by atoms with Gasteiger partial charge in [-0.25, -0.2) is 18.1 Å². The Morgan fingerprint density at radius 3 is 2.86 bits per heavy atom. The van der Waals surface area contributed by atoms with E-state index in [1.54, 1.807) is 7.05 Å². The van der Waals surface area contributed by atoms with Crippen molar-refractivity contribution in [2.45, 2.75) is 18.0 Å². The smallest absolute Gasteiger partial charge is 0.257 e. The molecule has 0 spiro atoms. The topological polar surface area (TPSA) is 86.9 Å². The summed E-state index contributed by atoms with van der Waals surface area (Å²) in [6.07, 6.45) is 2.60. The molecular formula is C7H14N4O2S. The number of H-pyrrole nitrogens is 1. The first-order valence-electron chi connectivity index (χ1n) is 4.21. The third kappa shape index (κ3) is 2.79. The summed E-state index contributed by atoms with van der Waals surface area (Å²) >= 11 is 0. The quantitative estimate of drug-likeness (QED) is 0.609. The molecule has 80 valence electrons. The van der Waals surface area contributed by atoms with Crippen molar-refractivity contribution in [1.82, 2.24) is 20.0 Å². The van der Waals surface area contributed by atoms with Gasteiger partial charge in [0.2, 0.25) is 0 Å². The van der Waals surface area contributed by atoms with Crippen LogP contribution in [0, 0.1) is 0 Å². The minimum Gasteiger partial charge on any atom is -0.335 e. The van der Waals surface area contributed by atoms with Crippen molar-refractivity contribution in [2.24, 2.45) is 0 Å². The summed E-state index contributed by atoms with van der Waals surface area (Å²) in [6.45, 7) is 2.23. The fraction of sp³-hybridized carbons (Fsp3) is 0.571. The van der Waals surface area contributed by atoms with E-state index in [4.69, 9.17) is 0 Å². The van der Waals surface area contributed by atoms with Crippen LogP contribution in [-0.2, 0) is 10.0 Å². The Hall–Kier alpha value is -0.920. The summed E-state index contributed by atoms with van der Waals surface area (Å²) in [6, 6.07) is 0.0905. The fourth-order valence-electron chi connectivity index (χ4n) is 0.805. The highest BCUT2D eigenvalue weighted by molar-refractivity contribution is 7.89. The van der Waals surface area contributed by atoms with Gasteiger partial charge >= 0.3 is 0 Å². The van der Waals surface area contributed by atoms with Crippen molar-refractivity contribution >= 4 is 10.0 Å². The molecule has 0 amide bonds. The average Bonchev–Trinajstić information content (AvgIpc) is 2.67. The summed E-state index contributed by atoms with van der Waals surface area (Å²) in [4.78, 5) is 6.18. The largest absolute Gasteiger partial charge is 0.335 e. The predicted octanol–water partition coefficient (Wildman–Crippen LogP) is -0.704. The van der Waals surface area contributed by atoms with Gasteiger partial charge in [-0.3, -0.25) is 0 Å². The molecule has 0 aliphatic heterocycles. The Labute approximate surface area is 83.2 Å². The van der Waals surface area contributed by atoms with Gasteiger partial charge in [-0.15, -0.1) is 0 Å². The molecule has 0 bridgehead atoms. The van der Waals surface area contributed by atoms with Crippen LogP contribution in [0.15, 0.2) is 17.6 Å². The maximum Gasteiger partial charge on any atom is 0.257 e. The Morgan fingerprint density at radius 1 is 1.64 bits per heavy atom. The summed E-state index contributed by atoms with van der Waals surface area (Å²) in [5, 5.41) is 3.01. The van der Waals surface area contributed by atoms with Crippen molar-refractivity contribution in [2.75, 3.05) is 13.6 Å². The SMILES string of the molecule is CNC(C)CNS(=O)(=O)c1cnc[nH]1. The second-order valence-electron chi connectivity index (χ2n) is 2.96. The summed E-state index contributed by atoms with van der Waals surface area (Å²) in [5.41, 5.74) is 0. The van der Waals surface area contributed by atoms with Crippen LogP contribution in [0.2, 0.25) is 0 Å². The predicted molar refractivity (Wildman–Crippen MR) is 52.3 cm³/mol. The molecule has 0 aliphatic rings. The molecule has 1 atom stereocenters. The second-order valence-corrected chi connectivity index (χ2v) is 4.69. The van der Waals surface area contributed by atoms with Crippen LogP contribution in [0.25, 0.3) is 0 Å². The van der Waals surface area contributed by atoms with Crippen LogP contribution in [0.3, 0.4) is 0 Å². The van der Waals surface area contributed by atoms with Gasteiger partial charge < -0.3 is 10.3 Å². The number of rotatable bonds is 5. The maximum atomic E-state index is 11.5. The van der Waals surface area contributed by atoms with E-state index < -0.39 is 10.0 Å². The van der Waals surface area contributed by atoms with Crippen LogP contribution in [0.5, 0.6) is 0 Å². The molecule has 0 aliphatic carbocycles. The molecule has 14 heavy (non-hydrogen) atoms. The maximum absolute atomic E-state index is 11.5.